The first kappa shape index (κ1) is 17.5. The van der Waals surface area contributed by atoms with Crippen LogP contribution in [0.15, 0.2) is 36.5 Å². The maximum atomic E-state index is 11.1. The second-order valence-electron chi connectivity index (χ2n) is 5.17. The van der Waals surface area contributed by atoms with Crippen molar-refractivity contribution in [1.29, 1.82) is 0 Å². The van der Waals surface area contributed by atoms with E-state index in [0.717, 1.165) is 12.1 Å². The lowest BCUT2D eigenvalue weighted by Crippen LogP contribution is -2.08. The topological polar surface area (TPSA) is 85.7 Å². The minimum atomic E-state index is -1.17. The molecule has 0 aliphatic carbocycles. The number of nitrogens with zero attached hydrogens (tertiary/aromatic N) is 1. The number of hydrogen-bond donors (Lipinski definition) is 1. The van der Waals surface area contributed by atoms with E-state index in [1.54, 1.807) is 0 Å². The van der Waals surface area contributed by atoms with Crippen LogP contribution in [0.5, 0.6) is 11.5 Å². The standard InChI is InChI=1S/C18H19NO5/c1-3-13-4-5-14(19-11-13)8-9-23-15-6-7-16(18(21)22)17(10-15)24-12(2)20/h4-7,10-11H,3,8-9H2,1-2H3,(H,21,22). The Labute approximate surface area is 140 Å². The molecule has 0 unspecified atom stereocenters. The smallest absolute Gasteiger partial charge is 0.339 e. The number of esters is 1. The molecule has 2 rings (SSSR count). The third-order valence-corrected chi connectivity index (χ3v) is 3.36. The van der Waals surface area contributed by atoms with Gasteiger partial charge in [-0.3, -0.25) is 9.78 Å². The molecule has 0 amide bonds. The van der Waals surface area contributed by atoms with Crippen molar-refractivity contribution in [2.24, 2.45) is 0 Å². The summed E-state index contributed by atoms with van der Waals surface area (Å²) in [6, 6.07) is 8.27. The third-order valence-electron chi connectivity index (χ3n) is 3.36. The fourth-order valence-corrected chi connectivity index (χ4v) is 2.09. The molecule has 0 saturated heterocycles. The normalized spacial score (nSPS) is 10.2. The Kier molecular flexibility index (Phi) is 5.89. The minimum Gasteiger partial charge on any atom is -0.493 e. The highest BCUT2D eigenvalue weighted by atomic mass is 16.5. The van der Waals surface area contributed by atoms with Gasteiger partial charge < -0.3 is 14.6 Å². The molecule has 0 spiro atoms. The predicted octanol–water partition coefficient (Wildman–Crippen LogP) is 2.89. The van der Waals surface area contributed by atoms with Crippen LogP contribution >= 0.6 is 0 Å². The molecule has 6 nitrogen and oxygen atoms in total. The molecule has 0 radical (unpaired) electrons. The largest absolute Gasteiger partial charge is 0.493 e. The average Bonchev–Trinajstić information content (AvgIpc) is 2.55. The van der Waals surface area contributed by atoms with Crippen molar-refractivity contribution in [2.75, 3.05) is 6.61 Å². The molecule has 0 fully saturated rings. The lowest BCUT2D eigenvalue weighted by atomic mass is 10.2. The van der Waals surface area contributed by atoms with Gasteiger partial charge in [-0.1, -0.05) is 13.0 Å². The van der Waals surface area contributed by atoms with Gasteiger partial charge in [-0.2, -0.15) is 0 Å². The molecular weight excluding hydrogens is 310 g/mol. The highest BCUT2D eigenvalue weighted by molar-refractivity contribution is 5.92. The zero-order valence-corrected chi connectivity index (χ0v) is 13.6. The lowest BCUT2D eigenvalue weighted by Gasteiger charge is -2.10. The maximum absolute atomic E-state index is 11.1. The summed E-state index contributed by atoms with van der Waals surface area (Å²) in [5.41, 5.74) is 2.00. The van der Waals surface area contributed by atoms with Crippen LogP contribution in [0.3, 0.4) is 0 Å². The summed E-state index contributed by atoms with van der Waals surface area (Å²) in [4.78, 5) is 26.6. The van der Waals surface area contributed by atoms with E-state index in [-0.39, 0.29) is 11.3 Å². The fourth-order valence-electron chi connectivity index (χ4n) is 2.09. The van der Waals surface area contributed by atoms with Crippen LogP contribution in [0.25, 0.3) is 0 Å². The molecule has 1 aromatic carbocycles. The Morgan fingerprint density at radius 2 is 2.00 bits per heavy atom. The van der Waals surface area contributed by atoms with Crippen LogP contribution in [0.2, 0.25) is 0 Å². The van der Waals surface area contributed by atoms with Gasteiger partial charge in [0.15, 0.2) is 0 Å². The van der Waals surface area contributed by atoms with E-state index in [1.807, 2.05) is 18.3 Å². The number of carboxylic acids is 1. The first-order valence-electron chi connectivity index (χ1n) is 7.62. The summed E-state index contributed by atoms with van der Waals surface area (Å²) in [7, 11) is 0. The minimum absolute atomic E-state index is 0.0297. The van der Waals surface area contributed by atoms with E-state index < -0.39 is 11.9 Å². The Morgan fingerprint density at radius 1 is 1.21 bits per heavy atom. The van der Waals surface area contributed by atoms with Crippen molar-refractivity contribution >= 4 is 11.9 Å². The first-order valence-corrected chi connectivity index (χ1v) is 7.62. The quantitative estimate of drug-likeness (QED) is 0.621. The number of benzene rings is 1. The number of aromatic nitrogens is 1. The molecule has 0 bridgehead atoms. The van der Waals surface area contributed by atoms with Crippen LogP contribution in [-0.4, -0.2) is 28.6 Å². The Hall–Kier alpha value is -2.89. The Morgan fingerprint density at radius 3 is 2.58 bits per heavy atom. The third kappa shape index (κ3) is 4.81. The summed E-state index contributed by atoms with van der Waals surface area (Å²) in [5.74, 6) is -1.35. The summed E-state index contributed by atoms with van der Waals surface area (Å²) >= 11 is 0. The van der Waals surface area contributed by atoms with E-state index in [4.69, 9.17) is 14.6 Å². The maximum Gasteiger partial charge on any atom is 0.339 e. The average molecular weight is 329 g/mol. The Bertz CT molecular complexity index is 725. The van der Waals surface area contributed by atoms with Gasteiger partial charge in [0.2, 0.25) is 0 Å². The number of carbonyl (C=O) groups is 2. The number of aryl methyl sites for hydroxylation is 1. The molecule has 1 heterocycles. The molecule has 6 heteroatoms. The van der Waals surface area contributed by atoms with E-state index in [0.29, 0.717) is 18.8 Å². The second kappa shape index (κ2) is 8.10. The van der Waals surface area contributed by atoms with Crippen LogP contribution in [0.4, 0.5) is 0 Å². The van der Waals surface area contributed by atoms with Gasteiger partial charge in [0, 0.05) is 31.3 Å². The number of carbonyl (C=O) groups excluding carboxylic acids is 1. The van der Waals surface area contributed by atoms with Gasteiger partial charge >= 0.3 is 11.9 Å². The highest BCUT2D eigenvalue weighted by Gasteiger charge is 2.14. The molecule has 1 N–H and O–H groups in total. The van der Waals surface area contributed by atoms with Crippen molar-refractivity contribution in [2.45, 2.75) is 26.7 Å². The summed E-state index contributed by atoms with van der Waals surface area (Å²) in [6.45, 7) is 3.66. The van der Waals surface area contributed by atoms with Gasteiger partial charge in [0.1, 0.15) is 17.1 Å². The molecular formula is C18H19NO5. The zero-order chi connectivity index (χ0) is 17.5. The monoisotopic (exact) mass is 329 g/mol. The van der Waals surface area contributed by atoms with E-state index in [9.17, 15) is 9.59 Å². The highest BCUT2D eigenvalue weighted by Crippen LogP contribution is 2.25. The number of carboxylic acid groups (broad SMARTS) is 1. The molecule has 0 aliphatic heterocycles. The summed E-state index contributed by atoms with van der Waals surface area (Å²) in [6.07, 6.45) is 3.40. The molecule has 0 atom stereocenters. The van der Waals surface area contributed by atoms with Gasteiger partial charge in [0.25, 0.3) is 0 Å². The van der Waals surface area contributed by atoms with Crippen molar-refractivity contribution in [1.82, 2.24) is 4.98 Å². The van der Waals surface area contributed by atoms with Gasteiger partial charge in [-0.25, -0.2) is 4.79 Å². The predicted molar refractivity (Wildman–Crippen MR) is 87.5 cm³/mol. The SMILES string of the molecule is CCc1ccc(CCOc2ccc(C(=O)O)c(OC(C)=O)c2)nc1. The summed E-state index contributed by atoms with van der Waals surface area (Å²) < 4.78 is 10.5. The molecule has 1 aromatic heterocycles. The fraction of sp³-hybridized carbons (Fsp3) is 0.278. The van der Waals surface area contributed by atoms with Crippen LogP contribution < -0.4 is 9.47 Å². The van der Waals surface area contributed by atoms with Gasteiger partial charge in [-0.15, -0.1) is 0 Å². The summed E-state index contributed by atoms with van der Waals surface area (Å²) in [5, 5.41) is 9.10. The number of ether oxygens (including phenoxy) is 2. The van der Waals surface area contributed by atoms with Gasteiger partial charge in [0.05, 0.1) is 6.61 Å². The second-order valence-corrected chi connectivity index (χ2v) is 5.17. The molecule has 0 saturated carbocycles. The molecule has 126 valence electrons. The van der Waals surface area contributed by atoms with Crippen LogP contribution in [-0.2, 0) is 17.6 Å². The van der Waals surface area contributed by atoms with Crippen molar-refractivity contribution in [3.8, 4) is 11.5 Å². The van der Waals surface area contributed by atoms with Crippen molar-refractivity contribution < 1.29 is 24.2 Å². The van der Waals surface area contributed by atoms with Gasteiger partial charge in [-0.05, 0) is 30.2 Å². The Balaban J connectivity index is 2.01. The van der Waals surface area contributed by atoms with E-state index >= 15 is 0 Å². The lowest BCUT2D eigenvalue weighted by molar-refractivity contribution is -0.131. The van der Waals surface area contributed by atoms with Crippen LogP contribution in [0.1, 0.15) is 35.5 Å². The zero-order valence-electron chi connectivity index (χ0n) is 13.6. The van der Waals surface area contributed by atoms with Crippen LogP contribution in [0, 0.1) is 0 Å². The van der Waals surface area contributed by atoms with Crippen molar-refractivity contribution in [3.63, 3.8) is 0 Å². The molecule has 2 aromatic rings. The number of rotatable bonds is 7. The van der Waals surface area contributed by atoms with E-state index in [1.165, 1.54) is 30.7 Å². The number of aromatic carboxylic acids is 1. The number of hydrogen-bond acceptors (Lipinski definition) is 5. The van der Waals surface area contributed by atoms with Crippen molar-refractivity contribution in [3.05, 3.63) is 53.3 Å². The molecule has 24 heavy (non-hydrogen) atoms. The first-order chi connectivity index (χ1) is 11.5. The molecule has 0 aliphatic rings. The number of pyridine rings is 1. The van der Waals surface area contributed by atoms with E-state index in [2.05, 4.69) is 11.9 Å².